The summed E-state index contributed by atoms with van der Waals surface area (Å²) in [6.07, 6.45) is 0. The smallest absolute Gasteiger partial charge is 0.299 e. The highest BCUT2D eigenvalue weighted by Crippen LogP contribution is 2.30. The molecule has 0 spiro atoms. The van der Waals surface area contributed by atoms with Crippen LogP contribution in [-0.4, -0.2) is 42.6 Å². The molecule has 2 aromatic rings. The van der Waals surface area contributed by atoms with Crippen molar-refractivity contribution in [1.82, 2.24) is 4.98 Å². The van der Waals surface area contributed by atoms with Crippen LogP contribution in [0, 0.1) is 0 Å². The fourth-order valence-corrected chi connectivity index (χ4v) is 5.30. The molecular weight excluding hydrogens is 310 g/mol. The third-order valence-corrected chi connectivity index (χ3v) is 6.84. The molecular formula is C13H17N3O3S2. The van der Waals surface area contributed by atoms with E-state index in [4.69, 9.17) is 10.2 Å². The molecule has 3 rings (SSSR count). The van der Waals surface area contributed by atoms with E-state index in [1.54, 1.807) is 41.8 Å². The fourth-order valence-electron chi connectivity index (χ4n) is 2.34. The molecule has 0 radical (unpaired) electrons. The SMILES string of the molecule is CCS(=O)(=O)C1CSCCN1c1nc2ccc(N)cc2o1. The normalized spacial score (nSPS) is 20.0. The number of sulfone groups is 1. The molecule has 0 amide bonds. The Hall–Kier alpha value is -1.41. The van der Waals surface area contributed by atoms with E-state index in [1.807, 2.05) is 0 Å². The molecule has 1 atom stereocenters. The minimum Gasteiger partial charge on any atom is -0.423 e. The van der Waals surface area contributed by atoms with Gasteiger partial charge in [0.05, 0.1) is 0 Å². The minimum atomic E-state index is -3.18. The average molecular weight is 327 g/mol. The van der Waals surface area contributed by atoms with Gasteiger partial charge in [0.2, 0.25) is 0 Å². The fraction of sp³-hybridized carbons (Fsp3) is 0.462. The van der Waals surface area contributed by atoms with Crippen molar-refractivity contribution in [3.63, 3.8) is 0 Å². The predicted molar refractivity (Wildman–Crippen MR) is 86.3 cm³/mol. The second-order valence-corrected chi connectivity index (χ2v) is 8.50. The molecule has 2 heterocycles. The van der Waals surface area contributed by atoms with Crippen LogP contribution < -0.4 is 10.6 Å². The number of nitrogens with zero attached hydrogens (tertiary/aromatic N) is 2. The monoisotopic (exact) mass is 327 g/mol. The summed E-state index contributed by atoms with van der Waals surface area (Å²) < 4.78 is 30.2. The highest BCUT2D eigenvalue weighted by molar-refractivity contribution is 8.01. The standard InChI is InChI=1S/C13H17N3O3S2/c1-2-21(17,18)12-8-20-6-5-16(12)13-15-10-4-3-9(14)7-11(10)19-13/h3-4,7,12H,2,5-6,8,14H2,1H3. The number of nitrogen functional groups attached to an aromatic ring is 1. The number of nitrogens with two attached hydrogens (primary N) is 1. The lowest BCUT2D eigenvalue weighted by atomic mass is 10.3. The number of hydrogen-bond donors (Lipinski definition) is 1. The number of fused-ring (bicyclic) bond motifs is 1. The maximum absolute atomic E-state index is 12.3. The molecule has 0 saturated carbocycles. The summed E-state index contributed by atoms with van der Waals surface area (Å²) in [5.41, 5.74) is 7.59. The third kappa shape index (κ3) is 2.69. The summed E-state index contributed by atoms with van der Waals surface area (Å²) in [6, 6.07) is 5.59. The Balaban J connectivity index is 2.02. The first kappa shape index (κ1) is 14.5. The molecule has 0 bridgehead atoms. The van der Waals surface area contributed by atoms with E-state index in [9.17, 15) is 8.42 Å². The lowest BCUT2D eigenvalue weighted by Gasteiger charge is -2.33. The van der Waals surface area contributed by atoms with Crippen LogP contribution in [0.4, 0.5) is 11.7 Å². The van der Waals surface area contributed by atoms with Crippen LogP contribution in [0.25, 0.3) is 11.1 Å². The third-order valence-electron chi connectivity index (χ3n) is 3.55. The number of oxazole rings is 1. The van der Waals surface area contributed by atoms with Crippen molar-refractivity contribution in [2.45, 2.75) is 12.3 Å². The van der Waals surface area contributed by atoms with Gasteiger partial charge in [0.1, 0.15) is 10.9 Å². The molecule has 0 aliphatic carbocycles. The van der Waals surface area contributed by atoms with E-state index in [-0.39, 0.29) is 5.75 Å². The largest absolute Gasteiger partial charge is 0.423 e. The molecule has 21 heavy (non-hydrogen) atoms. The maximum Gasteiger partial charge on any atom is 0.299 e. The van der Waals surface area contributed by atoms with Crippen molar-refractivity contribution >= 4 is 44.4 Å². The van der Waals surface area contributed by atoms with E-state index in [0.717, 1.165) is 5.75 Å². The molecule has 1 aliphatic rings. The van der Waals surface area contributed by atoms with Gasteiger partial charge in [-0.05, 0) is 12.1 Å². The van der Waals surface area contributed by atoms with Gasteiger partial charge in [-0.3, -0.25) is 0 Å². The molecule has 1 aromatic carbocycles. The first-order valence-corrected chi connectivity index (χ1v) is 9.60. The molecule has 1 aromatic heterocycles. The second-order valence-electron chi connectivity index (χ2n) is 4.90. The first-order valence-electron chi connectivity index (χ1n) is 6.73. The summed E-state index contributed by atoms with van der Waals surface area (Å²) in [6.45, 7) is 2.27. The summed E-state index contributed by atoms with van der Waals surface area (Å²) in [4.78, 5) is 6.16. The Bertz CT molecular complexity index is 757. The molecule has 1 aliphatic heterocycles. The van der Waals surface area contributed by atoms with Crippen molar-refractivity contribution in [3.05, 3.63) is 18.2 Å². The Kier molecular flexibility index (Phi) is 3.75. The summed E-state index contributed by atoms with van der Waals surface area (Å²) in [5, 5.41) is -0.577. The van der Waals surface area contributed by atoms with Crippen LogP contribution in [0.5, 0.6) is 0 Å². The topological polar surface area (TPSA) is 89.4 Å². The second kappa shape index (κ2) is 5.42. The van der Waals surface area contributed by atoms with E-state index in [1.165, 1.54) is 0 Å². The summed E-state index contributed by atoms with van der Waals surface area (Å²) in [7, 11) is -3.18. The van der Waals surface area contributed by atoms with Crippen LogP contribution >= 0.6 is 11.8 Å². The molecule has 2 N–H and O–H groups in total. The van der Waals surface area contributed by atoms with Gasteiger partial charge in [0, 0.05) is 35.6 Å². The van der Waals surface area contributed by atoms with E-state index >= 15 is 0 Å². The van der Waals surface area contributed by atoms with Crippen LogP contribution in [0.2, 0.25) is 0 Å². The lowest BCUT2D eigenvalue weighted by molar-refractivity contribution is 0.543. The van der Waals surface area contributed by atoms with Crippen LogP contribution in [-0.2, 0) is 9.84 Å². The van der Waals surface area contributed by atoms with Gasteiger partial charge in [-0.25, -0.2) is 8.42 Å². The van der Waals surface area contributed by atoms with Crippen molar-refractivity contribution in [2.24, 2.45) is 0 Å². The van der Waals surface area contributed by atoms with Gasteiger partial charge >= 0.3 is 0 Å². The number of aromatic nitrogens is 1. The van der Waals surface area contributed by atoms with E-state index in [0.29, 0.717) is 35.1 Å². The number of hydrogen-bond acceptors (Lipinski definition) is 7. The number of thioether (sulfide) groups is 1. The van der Waals surface area contributed by atoms with Gasteiger partial charge < -0.3 is 15.1 Å². The quantitative estimate of drug-likeness (QED) is 0.859. The maximum atomic E-state index is 12.3. The molecule has 114 valence electrons. The Morgan fingerprint density at radius 3 is 3.10 bits per heavy atom. The van der Waals surface area contributed by atoms with Gasteiger partial charge in [0.15, 0.2) is 15.4 Å². The van der Waals surface area contributed by atoms with Crippen molar-refractivity contribution < 1.29 is 12.8 Å². The van der Waals surface area contributed by atoms with E-state index in [2.05, 4.69) is 4.98 Å². The Labute approximate surface area is 127 Å². The summed E-state index contributed by atoms with van der Waals surface area (Å²) in [5.74, 6) is 1.51. The predicted octanol–water partition coefficient (Wildman–Crippen LogP) is 1.72. The number of anilines is 2. The lowest BCUT2D eigenvalue weighted by Crippen LogP contribution is -2.48. The van der Waals surface area contributed by atoms with Gasteiger partial charge in [-0.2, -0.15) is 16.7 Å². The average Bonchev–Trinajstić information content (AvgIpc) is 2.90. The van der Waals surface area contributed by atoms with Gasteiger partial charge in [-0.1, -0.05) is 6.92 Å². The summed E-state index contributed by atoms with van der Waals surface area (Å²) >= 11 is 1.64. The first-order chi connectivity index (χ1) is 10.0. The molecule has 1 saturated heterocycles. The zero-order chi connectivity index (χ0) is 15.0. The van der Waals surface area contributed by atoms with Crippen LogP contribution in [0.1, 0.15) is 6.92 Å². The zero-order valence-corrected chi connectivity index (χ0v) is 13.3. The van der Waals surface area contributed by atoms with Crippen molar-refractivity contribution in [1.29, 1.82) is 0 Å². The molecule has 1 unspecified atom stereocenters. The van der Waals surface area contributed by atoms with Crippen molar-refractivity contribution in [2.75, 3.05) is 34.4 Å². The number of benzene rings is 1. The highest BCUT2D eigenvalue weighted by atomic mass is 32.2. The van der Waals surface area contributed by atoms with Crippen molar-refractivity contribution in [3.8, 4) is 0 Å². The molecule has 6 nitrogen and oxygen atoms in total. The van der Waals surface area contributed by atoms with Crippen LogP contribution in [0.15, 0.2) is 22.6 Å². The highest BCUT2D eigenvalue weighted by Gasteiger charge is 2.35. The Morgan fingerprint density at radius 1 is 1.52 bits per heavy atom. The van der Waals surface area contributed by atoms with Crippen LogP contribution in [0.3, 0.4) is 0 Å². The van der Waals surface area contributed by atoms with E-state index < -0.39 is 15.2 Å². The minimum absolute atomic E-state index is 0.113. The number of rotatable bonds is 3. The Morgan fingerprint density at radius 2 is 2.33 bits per heavy atom. The zero-order valence-electron chi connectivity index (χ0n) is 11.7. The van der Waals surface area contributed by atoms with Gasteiger partial charge in [-0.15, -0.1) is 0 Å². The molecule has 1 fully saturated rings. The van der Waals surface area contributed by atoms with Gasteiger partial charge in [0.25, 0.3) is 6.01 Å². The molecule has 8 heteroatoms.